The Balaban J connectivity index is 1.20. The fourth-order valence-electron chi connectivity index (χ4n) is 5.51. The monoisotopic (exact) mass is 550 g/mol. The van der Waals surface area contributed by atoms with E-state index >= 15 is 0 Å². The van der Waals surface area contributed by atoms with E-state index in [1.807, 2.05) is 6.20 Å². The van der Waals surface area contributed by atoms with Crippen molar-refractivity contribution in [1.82, 2.24) is 19.7 Å². The molecule has 0 radical (unpaired) electrons. The minimum atomic E-state index is -4.13. The molecule has 0 aliphatic heterocycles. The third-order valence-electron chi connectivity index (χ3n) is 7.39. The third-order valence-corrected chi connectivity index (χ3v) is 8.71. The lowest BCUT2D eigenvalue weighted by Gasteiger charge is -2.16. The minimum absolute atomic E-state index is 0.0430. The number of sulfonamides is 1. The lowest BCUT2D eigenvalue weighted by atomic mass is 9.99. The van der Waals surface area contributed by atoms with Crippen LogP contribution in [0.3, 0.4) is 0 Å². The SMILES string of the molecule is NCCCn1cc(CCC(=O)Cc2cccc(S(=O)(=O)NC(=O)Nc3c4c(cc5c3CCC5)CCC4)c2)nn1. The number of carbonyl (C=O) groups is 2. The Kier molecular flexibility index (Phi) is 8.08. The smallest absolute Gasteiger partial charge is 0.330 e. The number of Topliss-reactive ketones (excluding diaryl/α,β-unsaturated/α-hetero) is 1. The first-order valence-corrected chi connectivity index (χ1v) is 15.0. The molecule has 39 heavy (non-hydrogen) atoms. The highest BCUT2D eigenvalue weighted by atomic mass is 32.2. The van der Waals surface area contributed by atoms with Gasteiger partial charge in [-0.2, -0.15) is 0 Å². The molecule has 1 heterocycles. The molecule has 4 N–H and O–H groups in total. The van der Waals surface area contributed by atoms with Crippen molar-refractivity contribution in [1.29, 1.82) is 0 Å². The van der Waals surface area contributed by atoms with E-state index in [4.69, 9.17) is 5.73 Å². The molecule has 3 aromatic rings. The molecule has 1 aromatic heterocycles. The molecule has 0 saturated heterocycles. The van der Waals surface area contributed by atoms with Gasteiger partial charge in [-0.05, 0) is 91.4 Å². The van der Waals surface area contributed by atoms with E-state index in [2.05, 4.69) is 26.4 Å². The van der Waals surface area contributed by atoms with Crippen molar-refractivity contribution in [3.63, 3.8) is 0 Å². The highest BCUT2D eigenvalue weighted by molar-refractivity contribution is 7.90. The quantitative estimate of drug-likeness (QED) is 0.332. The van der Waals surface area contributed by atoms with Crippen molar-refractivity contribution in [2.75, 3.05) is 11.9 Å². The van der Waals surface area contributed by atoms with Gasteiger partial charge in [-0.25, -0.2) is 17.9 Å². The first-order chi connectivity index (χ1) is 18.8. The van der Waals surface area contributed by atoms with Crippen LogP contribution in [-0.2, 0) is 59.9 Å². The highest BCUT2D eigenvalue weighted by Gasteiger charge is 2.26. The number of nitrogens with one attached hydrogen (secondary N) is 2. The number of amides is 2. The largest absolute Gasteiger partial charge is 0.333 e. The molecule has 0 unspecified atom stereocenters. The zero-order chi connectivity index (χ0) is 27.4. The third kappa shape index (κ3) is 6.36. The van der Waals surface area contributed by atoms with Gasteiger partial charge in [-0.15, -0.1) is 5.10 Å². The average Bonchev–Trinajstić information content (AvgIpc) is 3.67. The summed E-state index contributed by atoms with van der Waals surface area (Å²) in [6, 6.07) is 7.62. The maximum absolute atomic E-state index is 13.0. The number of hydrogen-bond donors (Lipinski definition) is 3. The summed E-state index contributed by atoms with van der Waals surface area (Å²) in [4.78, 5) is 25.4. The van der Waals surface area contributed by atoms with E-state index in [-0.39, 0.29) is 23.5 Å². The number of fused-ring (bicyclic) bond motifs is 2. The summed E-state index contributed by atoms with van der Waals surface area (Å²) in [5.74, 6) is -0.0430. The van der Waals surface area contributed by atoms with Crippen molar-refractivity contribution in [3.8, 4) is 0 Å². The Morgan fingerprint density at radius 1 is 1.03 bits per heavy atom. The zero-order valence-corrected chi connectivity index (χ0v) is 22.7. The number of nitrogens with zero attached hydrogens (tertiary/aromatic N) is 3. The summed E-state index contributed by atoms with van der Waals surface area (Å²) in [5.41, 5.74) is 12.3. The van der Waals surface area contributed by atoms with E-state index in [9.17, 15) is 18.0 Å². The number of ketones is 1. The molecule has 2 amide bonds. The summed E-state index contributed by atoms with van der Waals surface area (Å²) < 4.78 is 30.0. The topological polar surface area (TPSA) is 149 Å². The molecule has 0 spiro atoms. The van der Waals surface area contributed by atoms with Gasteiger partial charge in [-0.1, -0.05) is 23.4 Å². The highest BCUT2D eigenvalue weighted by Crippen LogP contribution is 2.38. The van der Waals surface area contributed by atoms with Crippen LogP contribution in [0, 0.1) is 0 Å². The fourth-order valence-corrected chi connectivity index (χ4v) is 6.49. The van der Waals surface area contributed by atoms with Crippen LogP contribution in [0.15, 0.2) is 41.4 Å². The molecule has 2 aliphatic carbocycles. The van der Waals surface area contributed by atoms with Crippen LogP contribution in [-0.4, -0.2) is 41.8 Å². The van der Waals surface area contributed by atoms with Crippen LogP contribution in [0.1, 0.15) is 59.2 Å². The van der Waals surface area contributed by atoms with Crippen molar-refractivity contribution >= 4 is 27.5 Å². The Morgan fingerprint density at radius 2 is 1.77 bits per heavy atom. The first kappa shape index (κ1) is 27.0. The van der Waals surface area contributed by atoms with E-state index in [0.29, 0.717) is 25.1 Å². The van der Waals surface area contributed by atoms with Crippen LogP contribution in [0.4, 0.5) is 10.5 Å². The molecule has 0 fully saturated rings. The number of aryl methyl sites for hydroxylation is 4. The van der Waals surface area contributed by atoms with Crippen LogP contribution < -0.4 is 15.8 Å². The van der Waals surface area contributed by atoms with Gasteiger partial charge in [0.05, 0.1) is 10.6 Å². The predicted molar refractivity (Wildman–Crippen MR) is 147 cm³/mol. The molecule has 11 heteroatoms. The number of benzene rings is 2. The van der Waals surface area contributed by atoms with E-state index in [1.165, 1.54) is 23.3 Å². The number of carbonyl (C=O) groups excluding carboxylic acids is 2. The molecule has 0 saturated carbocycles. The number of rotatable bonds is 11. The molecule has 2 aliphatic rings. The van der Waals surface area contributed by atoms with Crippen LogP contribution in [0.2, 0.25) is 0 Å². The van der Waals surface area contributed by atoms with E-state index < -0.39 is 16.1 Å². The molecule has 0 atom stereocenters. The van der Waals surface area contributed by atoms with Gasteiger partial charge in [0.25, 0.3) is 10.0 Å². The second kappa shape index (κ2) is 11.7. The lowest BCUT2D eigenvalue weighted by Crippen LogP contribution is -2.35. The van der Waals surface area contributed by atoms with E-state index in [1.54, 1.807) is 16.8 Å². The van der Waals surface area contributed by atoms with Crippen LogP contribution in [0.5, 0.6) is 0 Å². The Hall–Kier alpha value is -3.57. The Bertz CT molecular complexity index is 1470. The van der Waals surface area contributed by atoms with Gasteiger partial charge in [0.15, 0.2) is 0 Å². The number of hydrogen-bond acceptors (Lipinski definition) is 7. The molecule has 0 bridgehead atoms. The molecule has 206 valence electrons. The normalized spacial score (nSPS) is 14.2. The van der Waals surface area contributed by atoms with Gasteiger partial charge in [0.2, 0.25) is 0 Å². The van der Waals surface area contributed by atoms with Crippen molar-refractivity contribution in [2.45, 2.75) is 75.6 Å². The fraction of sp³-hybridized carbons (Fsp3) is 0.429. The van der Waals surface area contributed by atoms with Crippen LogP contribution >= 0.6 is 0 Å². The number of urea groups is 1. The van der Waals surface area contributed by atoms with Gasteiger partial charge in [0.1, 0.15) is 5.78 Å². The Morgan fingerprint density at radius 3 is 2.49 bits per heavy atom. The zero-order valence-electron chi connectivity index (χ0n) is 21.9. The van der Waals surface area contributed by atoms with Crippen molar-refractivity contribution in [3.05, 3.63) is 70.0 Å². The van der Waals surface area contributed by atoms with Gasteiger partial charge in [-0.3, -0.25) is 9.48 Å². The second-order valence-electron chi connectivity index (χ2n) is 10.3. The first-order valence-electron chi connectivity index (χ1n) is 13.5. The standard InChI is InChI=1S/C28H34N6O4S/c29-13-4-14-34-18-22(31-33-34)11-12-23(35)15-19-5-1-8-24(16-19)39(37,38)32-28(36)30-27-25-9-2-6-20(25)17-21-7-3-10-26(21)27/h1,5,8,16-18H,2-4,6-7,9-15,29H2,(H2,30,32,36). The Labute approximate surface area is 228 Å². The number of nitrogens with two attached hydrogens (primary N) is 1. The summed E-state index contributed by atoms with van der Waals surface area (Å²) in [6.07, 6.45) is 9.21. The van der Waals surface area contributed by atoms with Gasteiger partial charge >= 0.3 is 6.03 Å². The maximum atomic E-state index is 13.0. The lowest BCUT2D eigenvalue weighted by molar-refractivity contribution is -0.118. The number of anilines is 1. The maximum Gasteiger partial charge on any atom is 0.333 e. The molecular formula is C28H34N6O4S. The average molecular weight is 551 g/mol. The van der Waals surface area contributed by atoms with Crippen molar-refractivity contribution < 1.29 is 18.0 Å². The van der Waals surface area contributed by atoms with Crippen molar-refractivity contribution in [2.24, 2.45) is 5.73 Å². The summed E-state index contributed by atoms with van der Waals surface area (Å²) in [5, 5.41) is 11.0. The molecular weight excluding hydrogens is 516 g/mol. The number of aromatic nitrogens is 3. The molecule has 5 rings (SSSR count). The van der Waals surface area contributed by atoms with E-state index in [0.717, 1.165) is 67.5 Å². The summed E-state index contributed by atoms with van der Waals surface area (Å²) in [7, 11) is -4.13. The van der Waals surface area contributed by atoms with Gasteiger partial charge < -0.3 is 11.1 Å². The molecule has 2 aromatic carbocycles. The van der Waals surface area contributed by atoms with Crippen LogP contribution in [0.25, 0.3) is 0 Å². The predicted octanol–water partition coefficient (Wildman–Crippen LogP) is 2.86. The molecule has 10 nitrogen and oxygen atoms in total. The van der Waals surface area contributed by atoms with Gasteiger partial charge in [0, 0.05) is 37.7 Å². The summed E-state index contributed by atoms with van der Waals surface area (Å²) in [6.45, 7) is 1.25. The summed E-state index contributed by atoms with van der Waals surface area (Å²) >= 11 is 0. The minimum Gasteiger partial charge on any atom is -0.330 e. The second-order valence-corrected chi connectivity index (χ2v) is 12.0.